The van der Waals surface area contributed by atoms with E-state index in [2.05, 4.69) is 33.7 Å². The van der Waals surface area contributed by atoms with Crippen LogP contribution in [-0.4, -0.2) is 58.7 Å². The number of rotatable bonds is 2. The van der Waals surface area contributed by atoms with E-state index in [4.69, 9.17) is 5.11 Å². The number of piperazine rings is 1. The van der Waals surface area contributed by atoms with E-state index >= 15 is 0 Å². The Morgan fingerprint density at radius 2 is 2.22 bits per heavy atom. The number of nitrogens with zero attached hydrogens (tertiary/aromatic N) is 4. The highest BCUT2D eigenvalue weighted by atomic mass is 16.4. The summed E-state index contributed by atoms with van der Waals surface area (Å²) >= 11 is 0. The molecule has 1 aliphatic rings. The lowest BCUT2D eigenvalue weighted by atomic mass is 10.2. The van der Waals surface area contributed by atoms with Gasteiger partial charge >= 0.3 is 5.97 Å². The molecular weight excluding hydrogens is 232 g/mol. The molecule has 0 amide bonds. The van der Waals surface area contributed by atoms with Crippen LogP contribution in [0.15, 0.2) is 6.20 Å². The molecule has 6 heteroatoms. The lowest BCUT2D eigenvalue weighted by Crippen LogP contribution is -2.50. The van der Waals surface area contributed by atoms with E-state index in [9.17, 15) is 4.79 Å². The molecule has 6 nitrogen and oxygen atoms in total. The minimum absolute atomic E-state index is 0.168. The molecule has 0 aromatic carbocycles. The Morgan fingerprint density at radius 3 is 2.78 bits per heavy atom. The fourth-order valence-corrected chi connectivity index (χ4v) is 2.05. The molecule has 2 rings (SSSR count). The summed E-state index contributed by atoms with van der Waals surface area (Å²) in [6, 6.07) is 0.446. The molecule has 98 valence electrons. The van der Waals surface area contributed by atoms with Crippen LogP contribution >= 0.6 is 0 Å². The maximum atomic E-state index is 10.9. The Morgan fingerprint density at radius 1 is 1.50 bits per heavy atom. The zero-order valence-electron chi connectivity index (χ0n) is 10.9. The fourth-order valence-electron chi connectivity index (χ4n) is 2.05. The molecule has 0 bridgehead atoms. The van der Waals surface area contributed by atoms with Crippen LogP contribution in [0.1, 0.15) is 23.0 Å². The summed E-state index contributed by atoms with van der Waals surface area (Å²) in [5.41, 5.74) is 0.681. The van der Waals surface area contributed by atoms with E-state index < -0.39 is 5.97 Å². The molecule has 1 saturated heterocycles. The maximum absolute atomic E-state index is 10.9. The number of hydrogen-bond donors (Lipinski definition) is 1. The van der Waals surface area contributed by atoms with Crippen LogP contribution in [0.2, 0.25) is 0 Å². The third kappa shape index (κ3) is 2.43. The maximum Gasteiger partial charge on any atom is 0.339 e. The summed E-state index contributed by atoms with van der Waals surface area (Å²) in [6.07, 6.45) is 1.39. The van der Waals surface area contributed by atoms with Crippen molar-refractivity contribution in [3.63, 3.8) is 0 Å². The predicted molar refractivity (Wildman–Crippen MR) is 68.0 cm³/mol. The molecule has 0 radical (unpaired) electrons. The van der Waals surface area contributed by atoms with Crippen LogP contribution in [0.25, 0.3) is 0 Å². The molecule has 2 heterocycles. The van der Waals surface area contributed by atoms with Gasteiger partial charge in [0.25, 0.3) is 0 Å². The third-order valence-corrected chi connectivity index (χ3v) is 3.44. The Labute approximate surface area is 106 Å². The summed E-state index contributed by atoms with van der Waals surface area (Å²) in [7, 11) is 2.10. The van der Waals surface area contributed by atoms with Gasteiger partial charge in [0, 0.05) is 31.9 Å². The molecule has 1 atom stereocenters. The minimum atomic E-state index is -0.981. The van der Waals surface area contributed by atoms with E-state index in [1.807, 2.05) is 0 Å². The molecule has 0 aliphatic carbocycles. The highest BCUT2D eigenvalue weighted by Gasteiger charge is 2.23. The van der Waals surface area contributed by atoms with Crippen LogP contribution in [0.4, 0.5) is 5.95 Å². The normalized spacial score (nSPS) is 21.1. The first-order chi connectivity index (χ1) is 8.49. The van der Waals surface area contributed by atoms with Crippen LogP contribution in [0.5, 0.6) is 0 Å². The molecule has 1 unspecified atom stereocenters. The summed E-state index contributed by atoms with van der Waals surface area (Å²) in [4.78, 5) is 23.7. The van der Waals surface area contributed by atoms with Gasteiger partial charge in [0.05, 0.1) is 11.3 Å². The molecule has 1 fully saturated rings. The number of hydrogen-bond acceptors (Lipinski definition) is 5. The highest BCUT2D eigenvalue weighted by Crippen LogP contribution is 2.15. The van der Waals surface area contributed by atoms with Gasteiger partial charge < -0.3 is 14.9 Å². The van der Waals surface area contributed by atoms with Gasteiger partial charge in [-0.25, -0.2) is 14.8 Å². The number of aromatic nitrogens is 2. The number of carboxylic acid groups (broad SMARTS) is 1. The average molecular weight is 250 g/mol. The lowest BCUT2D eigenvalue weighted by molar-refractivity contribution is 0.0695. The Bertz CT molecular complexity index is 463. The molecule has 18 heavy (non-hydrogen) atoms. The molecule has 1 aromatic heterocycles. The molecule has 1 N–H and O–H groups in total. The topological polar surface area (TPSA) is 69.6 Å². The quantitative estimate of drug-likeness (QED) is 0.830. The van der Waals surface area contributed by atoms with E-state index in [-0.39, 0.29) is 5.56 Å². The van der Waals surface area contributed by atoms with Crippen LogP contribution in [-0.2, 0) is 0 Å². The number of carboxylic acids is 1. The molecule has 1 aromatic rings. The second-order valence-corrected chi connectivity index (χ2v) is 4.75. The summed E-state index contributed by atoms with van der Waals surface area (Å²) in [6.45, 7) is 6.55. The lowest BCUT2D eigenvalue weighted by Gasteiger charge is -2.37. The van der Waals surface area contributed by atoms with Crippen LogP contribution in [0, 0.1) is 6.92 Å². The summed E-state index contributed by atoms with van der Waals surface area (Å²) < 4.78 is 0. The Balaban J connectivity index is 2.19. The SMILES string of the molecule is Cc1nc(N2CCN(C)C(C)C2)ncc1C(=O)O. The van der Waals surface area contributed by atoms with Gasteiger partial charge in [-0.15, -0.1) is 0 Å². The van der Waals surface area contributed by atoms with Crippen molar-refractivity contribution >= 4 is 11.9 Å². The van der Waals surface area contributed by atoms with Gasteiger partial charge in [-0.05, 0) is 20.9 Å². The second-order valence-electron chi connectivity index (χ2n) is 4.75. The van der Waals surface area contributed by atoms with Crippen molar-refractivity contribution in [2.24, 2.45) is 0 Å². The standard InChI is InChI=1S/C12H18N4O2/c1-8-7-16(5-4-15(8)3)12-13-6-10(11(17)18)9(2)14-12/h6,8H,4-5,7H2,1-3H3,(H,17,18). The zero-order valence-corrected chi connectivity index (χ0v) is 10.9. The Kier molecular flexibility index (Phi) is 3.47. The van der Waals surface area contributed by atoms with Crippen molar-refractivity contribution in [1.29, 1.82) is 0 Å². The fraction of sp³-hybridized carbons (Fsp3) is 0.583. The largest absolute Gasteiger partial charge is 0.478 e. The first-order valence-electron chi connectivity index (χ1n) is 6.01. The van der Waals surface area contributed by atoms with Gasteiger partial charge in [0.15, 0.2) is 0 Å². The number of carbonyl (C=O) groups is 1. The van der Waals surface area contributed by atoms with E-state index in [0.717, 1.165) is 19.6 Å². The van der Waals surface area contributed by atoms with Crippen molar-refractivity contribution in [1.82, 2.24) is 14.9 Å². The first-order valence-corrected chi connectivity index (χ1v) is 6.01. The average Bonchev–Trinajstić information content (AvgIpc) is 2.32. The van der Waals surface area contributed by atoms with Crippen molar-refractivity contribution in [2.75, 3.05) is 31.6 Å². The van der Waals surface area contributed by atoms with Gasteiger partial charge in [-0.2, -0.15) is 0 Å². The zero-order chi connectivity index (χ0) is 13.3. The Hall–Kier alpha value is -1.69. The highest BCUT2D eigenvalue weighted by molar-refractivity contribution is 5.88. The van der Waals surface area contributed by atoms with Gasteiger partial charge in [-0.1, -0.05) is 0 Å². The van der Waals surface area contributed by atoms with Crippen LogP contribution < -0.4 is 4.90 Å². The van der Waals surface area contributed by atoms with Crippen molar-refractivity contribution in [3.05, 3.63) is 17.5 Å². The van der Waals surface area contributed by atoms with E-state index in [0.29, 0.717) is 17.7 Å². The summed E-state index contributed by atoms with van der Waals surface area (Å²) in [5.74, 6) is -0.358. The molecule has 1 aliphatic heterocycles. The molecular formula is C12H18N4O2. The molecule has 0 saturated carbocycles. The second kappa shape index (κ2) is 4.89. The minimum Gasteiger partial charge on any atom is -0.478 e. The van der Waals surface area contributed by atoms with Gasteiger partial charge in [0.2, 0.25) is 5.95 Å². The smallest absolute Gasteiger partial charge is 0.339 e. The van der Waals surface area contributed by atoms with Gasteiger partial charge in [0.1, 0.15) is 0 Å². The van der Waals surface area contributed by atoms with Gasteiger partial charge in [-0.3, -0.25) is 0 Å². The monoisotopic (exact) mass is 250 g/mol. The van der Waals surface area contributed by atoms with Crippen molar-refractivity contribution in [2.45, 2.75) is 19.9 Å². The van der Waals surface area contributed by atoms with E-state index in [1.54, 1.807) is 6.92 Å². The number of aromatic carboxylic acids is 1. The third-order valence-electron chi connectivity index (χ3n) is 3.44. The van der Waals surface area contributed by atoms with Crippen molar-refractivity contribution < 1.29 is 9.90 Å². The number of likely N-dealkylation sites (N-methyl/N-ethyl adjacent to an activating group) is 1. The first kappa shape index (κ1) is 12.8. The predicted octanol–water partition coefficient (Wildman–Crippen LogP) is 0.624. The van der Waals surface area contributed by atoms with Crippen molar-refractivity contribution in [3.8, 4) is 0 Å². The van der Waals surface area contributed by atoms with Crippen LogP contribution in [0.3, 0.4) is 0 Å². The number of anilines is 1. The summed E-state index contributed by atoms with van der Waals surface area (Å²) in [5, 5.41) is 8.94. The number of aryl methyl sites for hydroxylation is 1. The molecule has 0 spiro atoms. The van der Waals surface area contributed by atoms with E-state index in [1.165, 1.54) is 6.20 Å².